The fourth-order valence-corrected chi connectivity index (χ4v) is 3.35. The van der Waals surface area contributed by atoms with Crippen molar-refractivity contribution in [2.45, 2.75) is 25.1 Å². The highest BCUT2D eigenvalue weighted by Crippen LogP contribution is 2.49. The largest absolute Gasteiger partial charge is 0.435 e. The molecule has 0 spiro atoms. The number of hydrogen-bond donors (Lipinski definition) is 1. The molecule has 9 heteroatoms. The van der Waals surface area contributed by atoms with E-state index in [0.29, 0.717) is 11.3 Å². The molecule has 1 amide bonds. The number of carbonyl (C=O) groups excluding carboxylic acids is 1. The minimum atomic E-state index is -4.76. The maximum atomic E-state index is 14.0. The summed E-state index contributed by atoms with van der Waals surface area (Å²) >= 11 is 11.8. The molecule has 0 aliphatic carbocycles. The van der Waals surface area contributed by atoms with Crippen molar-refractivity contribution < 1.29 is 22.8 Å². The lowest BCUT2D eigenvalue weighted by Crippen LogP contribution is -2.42. The van der Waals surface area contributed by atoms with Gasteiger partial charge in [0.1, 0.15) is 0 Å². The highest BCUT2D eigenvalue weighted by molar-refractivity contribution is 6.34. The molecule has 0 bridgehead atoms. The Balaban J connectivity index is 1.99. The topological polar surface area (TPSA) is 50.7 Å². The monoisotopic (exact) mass is 416 g/mol. The van der Waals surface area contributed by atoms with Crippen molar-refractivity contribution in [3.05, 3.63) is 63.6 Å². The molecule has 3 rings (SSSR count). The van der Waals surface area contributed by atoms with Crippen LogP contribution in [0, 0.1) is 0 Å². The Bertz CT molecular complexity index is 911. The second-order valence-corrected chi connectivity index (χ2v) is 6.92. The number of alkyl halides is 3. The van der Waals surface area contributed by atoms with Gasteiger partial charge in [0.15, 0.2) is 0 Å². The number of hydrogen-bond acceptors (Lipinski definition) is 3. The van der Waals surface area contributed by atoms with E-state index in [2.05, 4.69) is 10.5 Å². The summed E-state index contributed by atoms with van der Waals surface area (Å²) in [5.74, 6) is -0.296. The van der Waals surface area contributed by atoms with Crippen molar-refractivity contribution in [2.24, 2.45) is 5.16 Å². The van der Waals surface area contributed by atoms with Crippen LogP contribution in [0.3, 0.4) is 0 Å². The second-order valence-electron chi connectivity index (χ2n) is 6.05. The first kappa shape index (κ1) is 19.5. The molecule has 0 aromatic heterocycles. The summed E-state index contributed by atoms with van der Waals surface area (Å²) in [6.07, 6.45) is -5.32. The van der Waals surface area contributed by atoms with Gasteiger partial charge in [0.05, 0.1) is 5.71 Å². The summed E-state index contributed by atoms with van der Waals surface area (Å²) in [5.41, 5.74) is -1.99. The SMILES string of the molecule is CC(=O)Nc1cccc(C2=NOC(c3cc(Cl)cc(Cl)c3)(C(F)(F)F)C2)c1. The van der Waals surface area contributed by atoms with Crippen LogP contribution >= 0.6 is 23.2 Å². The van der Waals surface area contributed by atoms with Gasteiger partial charge in [-0.1, -0.05) is 40.5 Å². The zero-order valence-electron chi connectivity index (χ0n) is 13.9. The lowest BCUT2D eigenvalue weighted by Gasteiger charge is -2.29. The van der Waals surface area contributed by atoms with Gasteiger partial charge >= 0.3 is 6.18 Å². The van der Waals surface area contributed by atoms with Crippen molar-refractivity contribution in [1.82, 2.24) is 0 Å². The normalized spacial score (nSPS) is 19.4. The maximum Gasteiger partial charge on any atom is 0.435 e. The molecule has 1 aliphatic rings. The predicted octanol–water partition coefficient (Wildman–Crippen LogP) is 5.53. The van der Waals surface area contributed by atoms with E-state index in [1.807, 2.05) is 0 Å². The molecule has 1 N–H and O–H groups in total. The minimum absolute atomic E-state index is 0.0610. The summed E-state index contributed by atoms with van der Waals surface area (Å²) in [6.45, 7) is 1.33. The number of nitrogens with zero attached hydrogens (tertiary/aromatic N) is 1. The molecule has 2 aromatic rings. The van der Waals surface area contributed by atoms with Crippen molar-refractivity contribution in [3.8, 4) is 0 Å². The Hall–Kier alpha value is -2.25. The molecule has 0 saturated heterocycles. The number of amides is 1. The number of oxime groups is 1. The molecule has 27 heavy (non-hydrogen) atoms. The standard InChI is InChI=1S/C18H13Cl2F3N2O2/c1-10(26)24-15-4-2-3-11(5-15)16-9-17(27-25-16,18(21,22)23)12-6-13(19)8-14(20)7-12/h2-8H,9H2,1H3,(H,24,26). The van der Waals surface area contributed by atoms with Gasteiger partial charge < -0.3 is 10.2 Å². The summed E-state index contributed by atoms with van der Waals surface area (Å²) in [7, 11) is 0. The van der Waals surface area contributed by atoms with Crippen LogP contribution in [0.15, 0.2) is 47.6 Å². The van der Waals surface area contributed by atoms with Crippen LogP contribution in [-0.4, -0.2) is 17.8 Å². The summed E-state index contributed by atoms with van der Waals surface area (Å²) in [6, 6.07) is 10.00. The highest BCUT2D eigenvalue weighted by Gasteiger charge is 2.62. The van der Waals surface area contributed by atoms with Crippen LogP contribution in [0.2, 0.25) is 10.0 Å². The van der Waals surface area contributed by atoms with Gasteiger partial charge in [-0.3, -0.25) is 4.79 Å². The third kappa shape index (κ3) is 3.89. The third-order valence-electron chi connectivity index (χ3n) is 4.03. The maximum absolute atomic E-state index is 14.0. The van der Waals surface area contributed by atoms with E-state index >= 15 is 0 Å². The smallest absolute Gasteiger partial charge is 0.374 e. The lowest BCUT2D eigenvalue weighted by atomic mass is 9.86. The van der Waals surface area contributed by atoms with E-state index in [1.165, 1.54) is 19.1 Å². The van der Waals surface area contributed by atoms with Gasteiger partial charge in [-0.15, -0.1) is 0 Å². The van der Waals surface area contributed by atoms with E-state index < -0.39 is 18.2 Å². The van der Waals surface area contributed by atoms with Gasteiger partial charge in [-0.05, 0) is 30.3 Å². The van der Waals surface area contributed by atoms with E-state index in [1.54, 1.807) is 18.2 Å². The zero-order valence-corrected chi connectivity index (χ0v) is 15.4. The average Bonchev–Trinajstić information content (AvgIpc) is 3.00. The van der Waals surface area contributed by atoms with Crippen LogP contribution < -0.4 is 5.32 Å². The molecule has 1 aliphatic heterocycles. The Morgan fingerprint density at radius 1 is 1.19 bits per heavy atom. The first-order chi connectivity index (χ1) is 12.6. The van der Waals surface area contributed by atoms with E-state index in [-0.39, 0.29) is 27.2 Å². The van der Waals surface area contributed by atoms with Crippen LogP contribution in [0.25, 0.3) is 0 Å². The summed E-state index contributed by atoms with van der Waals surface area (Å²) < 4.78 is 41.9. The van der Waals surface area contributed by atoms with Crippen LogP contribution in [-0.2, 0) is 15.2 Å². The first-order valence-electron chi connectivity index (χ1n) is 7.77. The minimum Gasteiger partial charge on any atom is -0.374 e. The molecular weight excluding hydrogens is 404 g/mol. The lowest BCUT2D eigenvalue weighted by molar-refractivity contribution is -0.275. The van der Waals surface area contributed by atoms with Gasteiger partial charge in [0, 0.05) is 40.2 Å². The van der Waals surface area contributed by atoms with E-state index in [9.17, 15) is 18.0 Å². The molecule has 1 unspecified atom stereocenters. The van der Waals surface area contributed by atoms with Gasteiger partial charge in [-0.25, -0.2) is 0 Å². The molecule has 1 atom stereocenters. The second kappa shape index (κ2) is 7.05. The fourth-order valence-electron chi connectivity index (χ4n) is 2.83. The number of halogens is 5. The molecule has 0 saturated carbocycles. The Morgan fingerprint density at radius 3 is 2.44 bits per heavy atom. The van der Waals surface area contributed by atoms with E-state index in [4.69, 9.17) is 28.0 Å². The third-order valence-corrected chi connectivity index (χ3v) is 4.47. The van der Waals surface area contributed by atoms with Crippen molar-refractivity contribution in [1.29, 1.82) is 0 Å². The molecule has 142 valence electrons. The number of benzene rings is 2. The summed E-state index contributed by atoms with van der Waals surface area (Å²) in [5, 5.41) is 6.38. The number of anilines is 1. The Labute approximate surface area is 162 Å². The van der Waals surface area contributed by atoms with Crippen molar-refractivity contribution in [2.75, 3.05) is 5.32 Å². The fraction of sp³-hybridized carbons (Fsp3) is 0.222. The van der Waals surface area contributed by atoms with Crippen LogP contribution in [0.5, 0.6) is 0 Å². The van der Waals surface area contributed by atoms with Crippen LogP contribution in [0.4, 0.5) is 18.9 Å². The number of nitrogens with one attached hydrogen (secondary N) is 1. The predicted molar refractivity (Wildman–Crippen MR) is 97.2 cm³/mol. The van der Waals surface area contributed by atoms with Crippen molar-refractivity contribution >= 4 is 40.5 Å². The van der Waals surface area contributed by atoms with Crippen molar-refractivity contribution in [3.63, 3.8) is 0 Å². The Morgan fingerprint density at radius 2 is 1.85 bits per heavy atom. The first-order valence-corrected chi connectivity index (χ1v) is 8.53. The number of rotatable bonds is 3. The van der Waals surface area contributed by atoms with E-state index in [0.717, 1.165) is 12.1 Å². The van der Waals surface area contributed by atoms with Crippen LogP contribution in [0.1, 0.15) is 24.5 Å². The molecule has 2 aromatic carbocycles. The van der Waals surface area contributed by atoms with Gasteiger partial charge in [0.25, 0.3) is 5.60 Å². The average molecular weight is 417 g/mol. The number of carbonyl (C=O) groups is 1. The van der Waals surface area contributed by atoms with Gasteiger partial charge in [-0.2, -0.15) is 13.2 Å². The highest BCUT2D eigenvalue weighted by atomic mass is 35.5. The molecule has 1 heterocycles. The van der Waals surface area contributed by atoms with Gasteiger partial charge in [0.2, 0.25) is 5.91 Å². The molecular formula is C18H13Cl2F3N2O2. The summed E-state index contributed by atoms with van der Waals surface area (Å²) in [4.78, 5) is 16.1. The molecule has 0 fully saturated rings. The quantitative estimate of drug-likeness (QED) is 0.714. The molecule has 0 radical (unpaired) electrons. The Kier molecular flexibility index (Phi) is 5.10. The molecule has 4 nitrogen and oxygen atoms in total. The zero-order chi connectivity index (χ0) is 19.8.